The number of carbonyl (C=O) groups excluding carboxylic acids is 1. The van der Waals surface area contributed by atoms with Crippen LogP contribution in [0.5, 0.6) is 0 Å². The predicted octanol–water partition coefficient (Wildman–Crippen LogP) is 2.08. The Morgan fingerprint density at radius 2 is 1.90 bits per heavy atom. The van der Waals surface area contributed by atoms with Gasteiger partial charge in [-0.1, -0.05) is 6.42 Å². The second-order valence-electron chi connectivity index (χ2n) is 7.52. The molecule has 3 heterocycles. The van der Waals surface area contributed by atoms with E-state index in [2.05, 4.69) is 12.4 Å². The third-order valence-corrected chi connectivity index (χ3v) is 6.04. The van der Waals surface area contributed by atoms with Gasteiger partial charge in [0, 0.05) is 12.3 Å². The van der Waals surface area contributed by atoms with Gasteiger partial charge in [-0.25, -0.2) is 0 Å². The zero-order chi connectivity index (χ0) is 14.7. The molecule has 3 fully saturated rings. The van der Waals surface area contributed by atoms with Crippen LogP contribution < -0.4 is 5.32 Å². The molecule has 0 aliphatic carbocycles. The maximum Gasteiger partial charge on any atom is 0.323 e. The number of nitrogens with one attached hydrogen (secondary N) is 1. The highest BCUT2D eigenvalue weighted by molar-refractivity contribution is 5.75. The minimum Gasteiger partial charge on any atom is -0.464 e. The van der Waals surface area contributed by atoms with Gasteiger partial charge in [0.05, 0.1) is 32.8 Å². The maximum absolute atomic E-state index is 12.2. The molecule has 0 spiro atoms. The van der Waals surface area contributed by atoms with Crippen molar-refractivity contribution in [2.75, 3.05) is 33.3 Å². The zero-order valence-electron chi connectivity index (χ0n) is 13.5. The molecule has 0 saturated carbocycles. The number of hydrogen-bond donors (Lipinski definition) is 1. The summed E-state index contributed by atoms with van der Waals surface area (Å²) in [7, 11) is 2.42. The van der Waals surface area contributed by atoms with Crippen molar-refractivity contribution in [3.8, 4) is 0 Å². The lowest BCUT2D eigenvalue weighted by molar-refractivity contribution is -0.947. The quantitative estimate of drug-likeness (QED) is 0.640. The van der Waals surface area contributed by atoms with E-state index in [1.165, 1.54) is 56.1 Å². The molecule has 0 radical (unpaired) electrons. The third-order valence-electron chi connectivity index (χ3n) is 6.04. The van der Waals surface area contributed by atoms with E-state index in [9.17, 15) is 4.79 Å². The molecule has 3 aliphatic rings. The molecule has 3 rings (SSSR count). The van der Waals surface area contributed by atoms with Crippen LogP contribution in [0.4, 0.5) is 0 Å². The van der Waals surface area contributed by atoms with Crippen LogP contribution in [0.1, 0.15) is 51.4 Å². The van der Waals surface area contributed by atoms with Crippen molar-refractivity contribution in [1.82, 2.24) is 5.32 Å². The Morgan fingerprint density at radius 1 is 1.10 bits per heavy atom. The molecule has 120 valence electrons. The number of rotatable bonds is 3. The lowest BCUT2D eigenvalue weighted by atomic mass is 9.82. The summed E-state index contributed by atoms with van der Waals surface area (Å²) >= 11 is 0. The van der Waals surface area contributed by atoms with Crippen molar-refractivity contribution in [2.45, 2.75) is 63.5 Å². The van der Waals surface area contributed by atoms with Crippen LogP contribution in [-0.2, 0) is 9.53 Å². The van der Waals surface area contributed by atoms with Crippen LogP contribution in [0.15, 0.2) is 0 Å². The number of carbonyl (C=O) groups is 1. The molecule has 4 heteroatoms. The van der Waals surface area contributed by atoms with E-state index >= 15 is 0 Å². The van der Waals surface area contributed by atoms with Gasteiger partial charge in [-0.05, 0) is 45.1 Å². The van der Waals surface area contributed by atoms with E-state index in [0.29, 0.717) is 12.5 Å². The van der Waals surface area contributed by atoms with Gasteiger partial charge in [0.1, 0.15) is 6.04 Å². The first kappa shape index (κ1) is 15.3. The Morgan fingerprint density at radius 3 is 2.71 bits per heavy atom. The molecule has 21 heavy (non-hydrogen) atoms. The molecule has 3 aliphatic heterocycles. The zero-order valence-corrected chi connectivity index (χ0v) is 13.5. The topological polar surface area (TPSA) is 38.3 Å². The van der Waals surface area contributed by atoms with Gasteiger partial charge >= 0.3 is 5.97 Å². The van der Waals surface area contributed by atoms with Crippen molar-refractivity contribution in [3.63, 3.8) is 0 Å². The molecular weight excluding hydrogens is 264 g/mol. The number of ether oxygens (including phenoxy) is 1. The van der Waals surface area contributed by atoms with Crippen LogP contribution in [-0.4, -0.2) is 55.8 Å². The summed E-state index contributed by atoms with van der Waals surface area (Å²) in [5, 5.41) is 3.29. The Hall–Kier alpha value is -0.610. The minimum atomic E-state index is -0.0467. The molecule has 0 aromatic rings. The van der Waals surface area contributed by atoms with Crippen LogP contribution in [0.3, 0.4) is 0 Å². The lowest BCUT2D eigenvalue weighted by Crippen LogP contribution is -2.61. The minimum absolute atomic E-state index is 0.00899. The monoisotopic (exact) mass is 295 g/mol. The Kier molecular flexibility index (Phi) is 4.85. The third kappa shape index (κ3) is 3.42. The molecule has 0 amide bonds. The summed E-state index contributed by atoms with van der Waals surface area (Å²) < 4.78 is 6.93. The summed E-state index contributed by atoms with van der Waals surface area (Å²) in [5.74, 6) is 0.571. The van der Waals surface area contributed by atoms with Crippen molar-refractivity contribution >= 4 is 5.97 Å². The first-order valence-corrected chi connectivity index (χ1v) is 8.93. The number of quaternary nitrogens is 1. The fourth-order valence-electron chi connectivity index (χ4n) is 4.77. The summed E-state index contributed by atoms with van der Waals surface area (Å²) in [5.41, 5.74) is 0. The molecule has 0 bridgehead atoms. The highest BCUT2D eigenvalue weighted by Gasteiger charge is 2.44. The summed E-state index contributed by atoms with van der Waals surface area (Å²) in [6, 6.07) is 0.675. The van der Waals surface area contributed by atoms with Gasteiger partial charge < -0.3 is 14.5 Å². The fraction of sp³-hybridized carbons (Fsp3) is 0.941. The highest BCUT2D eigenvalue weighted by Crippen LogP contribution is 2.36. The highest BCUT2D eigenvalue weighted by atomic mass is 16.5. The van der Waals surface area contributed by atoms with Gasteiger partial charge in [-0.15, -0.1) is 0 Å². The van der Waals surface area contributed by atoms with Gasteiger partial charge in [0.25, 0.3) is 0 Å². The van der Waals surface area contributed by atoms with Gasteiger partial charge in [0.2, 0.25) is 0 Å². The number of hydrogen-bond acceptors (Lipinski definition) is 3. The Bertz CT molecular complexity index is 364. The average Bonchev–Trinajstić information content (AvgIpc) is 2.52. The summed E-state index contributed by atoms with van der Waals surface area (Å²) in [6.45, 7) is 4.24. The van der Waals surface area contributed by atoms with E-state index in [-0.39, 0.29) is 12.0 Å². The standard InChI is InChI=1S/C17H31N2O2/c1-19-11-5-3-9-16(19)14(7-6-12-19)13-21-17(20)15-8-2-4-10-18-15/h14-16,18H,2-13H2,1H3/q+1/t14-,15-,16-,19-/m1/s1. The molecule has 4 atom stereocenters. The molecule has 3 saturated heterocycles. The van der Waals surface area contributed by atoms with Crippen LogP contribution >= 0.6 is 0 Å². The van der Waals surface area contributed by atoms with E-state index in [0.717, 1.165) is 25.4 Å². The molecule has 0 unspecified atom stereocenters. The largest absolute Gasteiger partial charge is 0.464 e. The molecule has 4 nitrogen and oxygen atoms in total. The second kappa shape index (κ2) is 6.66. The smallest absolute Gasteiger partial charge is 0.323 e. The van der Waals surface area contributed by atoms with Crippen molar-refractivity contribution in [1.29, 1.82) is 0 Å². The van der Waals surface area contributed by atoms with E-state index < -0.39 is 0 Å². The average molecular weight is 295 g/mol. The molecule has 0 aromatic heterocycles. The molecule has 1 N–H and O–H groups in total. The molecular formula is C17H31N2O2+. The number of esters is 1. The number of fused-ring (bicyclic) bond motifs is 1. The van der Waals surface area contributed by atoms with E-state index in [1.807, 2.05) is 0 Å². The van der Waals surface area contributed by atoms with Gasteiger partial charge in [-0.2, -0.15) is 0 Å². The van der Waals surface area contributed by atoms with Crippen molar-refractivity contribution in [2.24, 2.45) is 5.92 Å². The van der Waals surface area contributed by atoms with Crippen LogP contribution in [0.2, 0.25) is 0 Å². The van der Waals surface area contributed by atoms with E-state index in [1.54, 1.807) is 0 Å². The van der Waals surface area contributed by atoms with Crippen LogP contribution in [0, 0.1) is 5.92 Å². The van der Waals surface area contributed by atoms with E-state index in [4.69, 9.17) is 4.74 Å². The maximum atomic E-state index is 12.2. The normalized spacial score (nSPS) is 40.3. The number of nitrogens with zero attached hydrogens (tertiary/aromatic N) is 1. The summed E-state index contributed by atoms with van der Waals surface area (Å²) in [4.78, 5) is 12.2. The Balaban J connectivity index is 1.53. The SMILES string of the molecule is C[N@+]12CCCC[C@@H]1[C@@H](COC(=O)[C@H]1CCCCN1)CCC2. The Labute approximate surface area is 128 Å². The predicted molar refractivity (Wildman–Crippen MR) is 82.9 cm³/mol. The molecule has 0 aromatic carbocycles. The fourth-order valence-corrected chi connectivity index (χ4v) is 4.77. The van der Waals surface area contributed by atoms with Gasteiger partial charge in [-0.3, -0.25) is 4.79 Å². The lowest BCUT2D eigenvalue weighted by Gasteiger charge is -2.51. The summed E-state index contributed by atoms with van der Waals surface area (Å²) in [6.07, 6.45) is 9.85. The second-order valence-corrected chi connectivity index (χ2v) is 7.52. The van der Waals surface area contributed by atoms with Crippen molar-refractivity contribution in [3.05, 3.63) is 0 Å². The van der Waals surface area contributed by atoms with Gasteiger partial charge in [0.15, 0.2) is 0 Å². The number of piperidine rings is 3. The first-order valence-electron chi connectivity index (χ1n) is 8.93. The van der Waals surface area contributed by atoms with Crippen LogP contribution in [0.25, 0.3) is 0 Å². The first-order chi connectivity index (χ1) is 10.2. The van der Waals surface area contributed by atoms with Crippen molar-refractivity contribution < 1.29 is 14.0 Å².